The number of aromatic nitrogens is 2. The smallest absolute Gasteiger partial charge is 0.418 e. The summed E-state index contributed by atoms with van der Waals surface area (Å²) in [5, 5.41) is 2.19. The maximum absolute atomic E-state index is 14.5. The van der Waals surface area contributed by atoms with Crippen LogP contribution in [0.15, 0.2) is 54.6 Å². The molecule has 0 unspecified atom stereocenters. The van der Waals surface area contributed by atoms with Gasteiger partial charge in [0.15, 0.2) is 0 Å². The number of H-pyrrole nitrogens is 1. The van der Waals surface area contributed by atoms with E-state index in [1.54, 1.807) is 26.0 Å². The van der Waals surface area contributed by atoms with E-state index in [-0.39, 0.29) is 32.7 Å². The Bertz CT molecular complexity index is 1540. The Labute approximate surface area is 218 Å². The maximum Gasteiger partial charge on any atom is 0.418 e. The monoisotopic (exact) mass is 549 g/mol. The number of fused-ring (bicyclic) bond motifs is 3. The minimum atomic E-state index is -4.72. The third-order valence-corrected chi connectivity index (χ3v) is 6.56. The molecule has 1 aliphatic heterocycles. The van der Waals surface area contributed by atoms with Crippen molar-refractivity contribution in [3.8, 4) is 28.4 Å². The lowest BCUT2D eigenvalue weighted by atomic mass is 9.94. The third kappa shape index (κ3) is 4.42. The fourth-order valence-corrected chi connectivity index (χ4v) is 4.66. The number of halogens is 6. The highest BCUT2D eigenvalue weighted by Gasteiger charge is 2.38. The molecule has 0 aliphatic carbocycles. The molecule has 5 nitrogen and oxygen atoms in total. The first-order valence-electron chi connectivity index (χ1n) is 10.9. The van der Waals surface area contributed by atoms with E-state index >= 15 is 0 Å². The van der Waals surface area contributed by atoms with Crippen molar-refractivity contribution in [3.05, 3.63) is 87.3 Å². The number of imidazole rings is 1. The zero-order valence-corrected chi connectivity index (χ0v) is 20.7. The van der Waals surface area contributed by atoms with E-state index in [0.717, 1.165) is 12.1 Å². The molecule has 1 aromatic heterocycles. The number of ether oxygens (including phenoxy) is 1. The molecule has 11 heteroatoms. The summed E-state index contributed by atoms with van der Waals surface area (Å²) >= 11 is 12.2. The molecule has 4 aromatic rings. The van der Waals surface area contributed by atoms with E-state index in [4.69, 9.17) is 27.9 Å². The van der Waals surface area contributed by atoms with Gasteiger partial charge in [-0.15, -0.1) is 0 Å². The third-order valence-electron chi connectivity index (χ3n) is 5.93. The second-order valence-electron chi connectivity index (χ2n) is 8.84. The SMILES string of the molecule is CC1(C)Oc2cc(C(=O)Nc3c(Cl)cccc3C(F)(F)F)ccc2-c2nc(-c3c(F)cccc3Cl)[nH]c21. The molecule has 0 bridgehead atoms. The number of anilines is 1. The lowest BCUT2D eigenvalue weighted by molar-refractivity contribution is -0.136. The number of carbonyl (C=O) groups is 1. The summed E-state index contributed by atoms with van der Waals surface area (Å²) in [6.45, 7) is 3.51. The predicted octanol–water partition coefficient (Wildman–Crippen LogP) is 8.09. The molecule has 0 saturated heterocycles. The van der Waals surface area contributed by atoms with E-state index in [0.29, 0.717) is 17.0 Å². The van der Waals surface area contributed by atoms with E-state index in [2.05, 4.69) is 15.3 Å². The van der Waals surface area contributed by atoms with Crippen molar-refractivity contribution in [2.45, 2.75) is 25.6 Å². The minimum absolute atomic E-state index is 0.0407. The first kappa shape index (κ1) is 25.1. The van der Waals surface area contributed by atoms with Crippen LogP contribution < -0.4 is 10.1 Å². The van der Waals surface area contributed by atoms with E-state index in [9.17, 15) is 22.4 Å². The number of benzene rings is 3. The standard InChI is InChI=1S/C26H17Cl2F4N3O2/c1-25(2)22-20(33-23(35-22)19-15(27)6-4-8-17(19)29)13-10-9-12(11-18(13)37-25)24(36)34-21-14(26(30,31)32)5-3-7-16(21)28/h3-11H,1-2H3,(H,33,35)(H,34,36). The van der Waals surface area contributed by atoms with Gasteiger partial charge in [0.1, 0.15) is 23.0 Å². The van der Waals surface area contributed by atoms with E-state index < -0.39 is 34.8 Å². The summed E-state index contributed by atoms with van der Waals surface area (Å²) in [5.74, 6) is -0.882. The highest BCUT2D eigenvalue weighted by molar-refractivity contribution is 6.34. The molecular formula is C26H17Cl2F4N3O2. The molecule has 0 spiro atoms. The first-order chi connectivity index (χ1) is 17.4. The van der Waals surface area contributed by atoms with Crippen molar-refractivity contribution in [3.63, 3.8) is 0 Å². The Morgan fingerprint density at radius 1 is 1.05 bits per heavy atom. The van der Waals surface area contributed by atoms with Crippen LogP contribution in [0.5, 0.6) is 5.75 Å². The molecule has 190 valence electrons. The molecule has 2 heterocycles. The van der Waals surface area contributed by atoms with Crippen LogP contribution in [0.1, 0.15) is 35.5 Å². The molecule has 5 rings (SSSR count). The lowest BCUT2D eigenvalue weighted by Crippen LogP contribution is -2.30. The number of alkyl halides is 3. The molecule has 3 aromatic carbocycles. The van der Waals surface area contributed by atoms with Crippen LogP contribution in [0.3, 0.4) is 0 Å². The summed E-state index contributed by atoms with van der Waals surface area (Å²) in [6.07, 6.45) is -4.72. The van der Waals surface area contributed by atoms with Crippen LogP contribution >= 0.6 is 23.2 Å². The zero-order chi connectivity index (χ0) is 26.7. The van der Waals surface area contributed by atoms with Crippen molar-refractivity contribution in [1.82, 2.24) is 9.97 Å². The molecule has 0 fully saturated rings. The van der Waals surface area contributed by atoms with Crippen LogP contribution in [0.25, 0.3) is 22.6 Å². The lowest BCUT2D eigenvalue weighted by Gasteiger charge is -2.32. The second kappa shape index (κ2) is 8.78. The molecule has 2 N–H and O–H groups in total. The Hall–Kier alpha value is -3.56. The maximum atomic E-state index is 14.5. The number of hydrogen-bond acceptors (Lipinski definition) is 3. The summed E-state index contributed by atoms with van der Waals surface area (Å²) in [6, 6.07) is 11.9. The van der Waals surface area contributed by atoms with Crippen molar-refractivity contribution < 1.29 is 27.1 Å². The van der Waals surface area contributed by atoms with Crippen molar-refractivity contribution in [1.29, 1.82) is 0 Å². The molecule has 0 atom stereocenters. The molecule has 37 heavy (non-hydrogen) atoms. The summed E-state index contributed by atoms with van der Waals surface area (Å²) in [7, 11) is 0. The molecule has 1 aliphatic rings. The fraction of sp³-hybridized carbons (Fsp3) is 0.154. The Morgan fingerprint density at radius 3 is 2.46 bits per heavy atom. The van der Waals surface area contributed by atoms with Gasteiger partial charge in [-0.1, -0.05) is 35.3 Å². The van der Waals surface area contributed by atoms with Crippen LogP contribution in [-0.2, 0) is 11.8 Å². The highest BCUT2D eigenvalue weighted by atomic mass is 35.5. The number of aromatic amines is 1. The van der Waals surface area contributed by atoms with Crippen LogP contribution in [-0.4, -0.2) is 15.9 Å². The number of carbonyl (C=O) groups excluding carboxylic acids is 1. The normalized spacial score (nSPS) is 13.9. The number of amides is 1. The predicted molar refractivity (Wildman–Crippen MR) is 132 cm³/mol. The second-order valence-corrected chi connectivity index (χ2v) is 9.66. The van der Waals surface area contributed by atoms with Gasteiger partial charge in [-0.05, 0) is 56.3 Å². The quantitative estimate of drug-likeness (QED) is 0.254. The highest BCUT2D eigenvalue weighted by Crippen LogP contribution is 2.46. The van der Waals surface area contributed by atoms with Crippen molar-refractivity contribution in [2.24, 2.45) is 0 Å². The summed E-state index contributed by atoms with van der Waals surface area (Å²) in [5.41, 5.74) is -0.881. The Balaban J connectivity index is 1.54. The molecular weight excluding hydrogens is 533 g/mol. The van der Waals surface area contributed by atoms with Gasteiger partial charge in [-0.25, -0.2) is 9.37 Å². The average Bonchev–Trinajstić information content (AvgIpc) is 3.25. The van der Waals surface area contributed by atoms with Gasteiger partial charge in [0.2, 0.25) is 0 Å². The number of rotatable bonds is 3. The number of nitrogens with one attached hydrogen (secondary N) is 2. The van der Waals surface area contributed by atoms with Gasteiger partial charge in [-0.3, -0.25) is 4.79 Å². The molecule has 0 radical (unpaired) electrons. The van der Waals surface area contributed by atoms with Crippen molar-refractivity contribution >= 4 is 34.8 Å². The topological polar surface area (TPSA) is 67.0 Å². The largest absolute Gasteiger partial charge is 0.481 e. The number of nitrogens with zero attached hydrogens (tertiary/aromatic N) is 1. The van der Waals surface area contributed by atoms with Crippen LogP contribution in [0.4, 0.5) is 23.2 Å². The van der Waals surface area contributed by atoms with Crippen LogP contribution in [0.2, 0.25) is 10.0 Å². The molecule has 0 saturated carbocycles. The minimum Gasteiger partial charge on any atom is -0.481 e. The van der Waals surface area contributed by atoms with E-state index in [1.165, 1.54) is 30.3 Å². The summed E-state index contributed by atoms with van der Waals surface area (Å²) in [4.78, 5) is 20.6. The van der Waals surface area contributed by atoms with Gasteiger partial charge in [-0.2, -0.15) is 13.2 Å². The Kier molecular flexibility index (Phi) is 5.96. The Morgan fingerprint density at radius 2 is 1.76 bits per heavy atom. The fourth-order valence-electron chi connectivity index (χ4n) is 4.19. The van der Waals surface area contributed by atoms with Crippen molar-refractivity contribution in [2.75, 3.05) is 5.32 Å². The number of para-hydroxylation sites is 1. The van der Waals surface area contributed by atoms with Gasteiger partial charge in [0.25, 0.3) is 5.91 Å². The van der Waals surface area contributed by atoms with E-state index in [1.807, 2.05) is 0 Å². The van der Waals surface area contributed by atoms with Crippen LogP contribution in [0, 0.1) is 5.82 Å². The summed E-state index contributed by atoms with van der Waals surface area (Å²) < 4.78 is 61.0. The number of hydrogen-bond donors (Lipinski definition) is 2. The van der Waals surface area contributed by atoms with Gasteiger partial charge in [0, 0.05) is 11.1 Å². The zero-order valence-electron chi connectivity index (χ0n) is 19.2. The van der Waals surface area contributed by atoms with Gasteiger partial charge < -0.3 is 15.0 Å². The van der Waals surface area contributed by atoms with Gasteiger partial charge in [0.05, 0.1) is 38.2 Å². The average molecular weight is 550 g/mol. The first-order valence-corrected chi connectivity index (χ1v) is 11.7. The van der Waals surface area contributed by atoms with Gasteiger partial charge >= 0.3 is 6.18 Å². The molecule has 1 amide bonds.